The van der Waals surface area contributed by atoms with Gasteiger partial charge in [0.05, 0.1) is 18.4 Å². The maximum absolute atomic E-state index is 11.6. The Morgan fingerprint density at radius 3 is 2.62 bits per heavy atom. The van der Waals surface area contributed by atoms with Crippen molar-refractivity contribution in [3.05, 3.63) is 57.6 Å². The van der Waals surface area contributed by atoms with Crippen LogP contribution in [0.2, 0.25) is 0 Å². The van der Waals surface area contributed by atoms with Crippen LogP contribution in [-0.4, -0.2) is 48.3 Å². The number of carboxylic acid groups (broad SMARTS) is 1. The van der Waals surface area contributed by atoms with E-state index in [1.807, 2.05) is 18.2 Å². The lowest BCUT2D eigenvalue weighted by molar-refractivity contribution is 0.0696. The summed E-state index contributed by atoms with van der Waals surface area (Å²) in [4.78, 5) is 16.6. The molecule has 2 aliphatic rings. The fraction of sp³-hybridized carbons (Fsp3) is 0.435. The average molecular weight is 459 g/mol. The van der Waals surface area contributed by atoms with E-state index in [1.54, 1.807) is 13.2 Å². The quantitative estimate of drug-likeness (QED) is 0.700. The number of carboxylic acids is 1. The van der Waals surface area contributed by atoms with Crippen LogP contribution in [0.5, 0.6) is 5.75 Å². The van der Waals surface area contributed by atoms with Crippen LogP contribution in [0, 0.1) is 0 Å². The number of halogens is 1. The van der Waals surface area contributed by atoms with Crippen molar-refractivity contribution in [1.82, 2.24) is 4.90 Å². The van der Waals surface area contributed by atoms with Crippen molar-refractivity contribution in [2.45, 2.75) is 44.8 Å². The molecule has 2 heterocycles. The minimum atomic E-state index is -0.870. The van der Waals surface area contributed by atoms with Crippen LogP contribution >= 0.6 is 15.9 Å². The molecular formula is C23H27BrN2O3. The highest BCUT2D eigenvalue weighted by Crippen LogP contribution is 2.49. The van der Waals surface area contributed by atoms with Gasteiger partial charge in [0.1, 0.15) is 5.75 Å². The highest BCUT2D eigenvalue weighted by Gasteiger charge is 2.44. The van der Waals surface area contributed by atoms with Crippen molar-refractivity contribution in [3.63, 3.8) is 0 Å². The molecule has 2 aromatic carbocycles. The first-order valence-corrected chi connectivity index (χ1v) is 10.9. The number of rotatable bonds is 5. The van der Waals surface area contributed by atoms with E-state index in [2.05, 4.69) is 51.7 Å². The highest BCUT2D eigenvalue weighted by molar-refractivity contribution is 9.10. The molecule has 1 N–H and O–H groups in total. The largest absolute Gasteiger partial charge is 0.497 e. The Morgan fingerprint density at radius 2 is 2.00 bits per heavy atom. The zero-order valence-electron chi connectivity index (χ0n) is 17.1. The zero-order chi connectivity index (χ0) is 20.7. The zero-order valence-corrected chi connectivity index (χ0v) is 18.6. The third-order valence-electron chi connectivity index (χ3n) is 6.14. The van der Waals surface area contributed by atoms with Crippen LogP contribution in [0.4, 0.5) is 5.69 Å². The number of hydrogen-bond donors (Lipinski definition) is 1. The summed E-state index contributed by atoms with van der Waals surface area (Å²) >= 11 is 3.66. The molecule has 0 saturated carbocycles. The van der Waals surface area contributed by atoms with Gasteiger partial charge in [-0.1, -0.05) is 12.1 Å². The number of nitrogens with zero attached hydrogens (tertiary/aromatic N) is 2. The molecule has 154 valence electrons. The lowest BCUT2D eigenvalue weighted by Crippen LogP contribution is -2.50. The normalized spacial score (nSPS) is 21.2. The van der Waals surface area contributed by atoms with Crippen LogP contribution in [0.15, 0.2) is 40.9 Å². The molecule has 2 aliphatic heterocycles. The second-order valence-electron chi connectivity index (χ2n) is 8.25. The van der Waals surface area contributed by atoms with Crippen LogP contribution in [0.1, 0.15) is 47.7 Å². The number of ether oxygens (including phenoxy) is 1. The lowest BCUT2D eigenvalue weighted by atomic mass is 9.87. The second-order valence-corrected chi connectivity index (χ2v) is 9.10. The average Bonchev–Trinajstić information content (AvgIpc) is 3.03. The van der Waals surface area contributed by atoms with E-state index in [4.69, 9.17) is 4.74 Å². The first kappa shape index (κ1) is 20.2. The smallest absolute Gasteiger partial charge is 0.335 e. The van der Waals surface area contributed by atoms with Gasteiger partial charge in [-0.05, 0) is 78.1 Å². The van der Waals surface area contributed by atoms with E-state index in [0.29, 0.717) is 23.6 Å². The van der Waals surface area contributed by atoms with Gasteiger partial charge in [0.25, 0.3) is 0 Å². The van der Waals surface area contributed by atoms with Crippen molar-refractivity contribution >= 4 is 27.6 Å². The number of benzene rings is 2. The van der Waals surface area contributed by atoms with Crippen molar-refractivity contribution in [2.24, 2.45) is 0 Å². The monoisotopic (exact) mass is 458 g/mol. The molecular weight excluding hydrogens is 432 g/mol. The predicted molar refractivity (Wildman–Crippen MR) is 118 cm³/mol. The maximum atomic E-state index is 11.6. The van der Waals surface area contributed by atoms with Crippen molar-refractivity contribution in [3.8, 4) is 5.75 Å². The van der Waals surface area contributed by atoms with E-state index in [9.17, 15) is 9.90 Å². The predicted octanol–water partition coefficient (Wildman–Crippen LogP) is 4.74. The molecule has 2 aromatic rings. The Labute approximate surface area is 180 Å². The summed E-state index contributed by atoms with van der Waals surface area (Å²) in [5.41, 5.74) is 4.00. The Morgan fingerprint density at radius 1 is 1.28 bits per heavy atom. The van der Waals surface area contributed by atoms with Gasteiger partial charge in [-0.2, -0.15) is 0 Å². The van der Waals surface area contributed by atoms with Crippen molar-refractivity contribution in [2.75, 3.05) is 25.1 Å². The summed E-state index contributed by atoms with van der Waals surface area (Å²) in [5.74, 6) is 0.379. The van der Waals surface area contributed by atoms with Crippen LogP contribution in [0.25, 0.3) is 0 Å². The van der Waals surface area contributed by atoms with Gasteiger partial charge >= 0.3 is 5.97 Å². The first-order chi connectivity index (χ1) is 13.9. The van der Waals surface area contributed by atoms with Crippen molar-refractivity contribution in [1.29, 1.82) is 0 Å². The third-order valence-corrected chi connectivity index (χ3v) is 6.75. The molecule has 29 heavy (non-hydrogen) atoms. The summed E-state index contributed by atoms with van der Waals surface area (Å²) in [6.45, 7) is 7.32. The number of aromatic carboxylic acids is 1. The van der Waals surface area contributed by atoms with E-state index in [0.717, 1.165) is 36.3 Å². The summed E-state index contributed by atoms with van der Waals surface area (Å²) in [5, 5.41) is 9.50. The number of anilines is 1. The molecule has 0 amide bonds. The summed E-state index contributed by atoms with van der Waals surface area (Å²) in [6, 6.07) is 12.6. The maximum Gasteiger partial charge on any atom is 0.335 e. The van der Waals surface area contributed by atoms with Crippen LogP contribution < -0.4 is 9.64 Å². The Kier molecular flexibility index (Phi) is 5.58. The molecule has 0 aliphatic carbocycles. The van der Waals surface area contributed by atoms with Gasteiger partial charge < -0.3 is 14.7 Å². The third kappa shape index (κ3) is 3.76. The summed E-state index contributed by atoms with van der Waals surface area (Å²) in [7, 11) is 1.69. The topological polar surface area (TPSA) is 53.0 Å². The Balaban J connectivity index is 1.60. The molecule has 4 rings (SSSR count). The van der Waals surface area contributed by atoms with Gasteiger partial charge in [0.15, 0.2) is 0 Å². The van der Waals surface area contributed by atoms with Gasteiger partial charge in [-0.3, -0.25) is 4.90 Å². The van der Waals surface area contributed by atoms with Gasteiger partial charge in [-0.15, -0.1) is 0 Å². The number of fused-ring (bicyclic) bond motifs is 3. The minimum Gasteiger partial charge on any atom is -0.497 e. The van der Waals surface area contributed by atoms with Crippen LogP contribution in [-0.2, 0) is 6.54 Å². The summed E-state index contributed by atoms with van der Waals surface area (Å²) < 4.78 is 6.15. The fourth-order valence-corrected chi connectivity index (χ4v) is 5.56. The van der Waals surface area contributed by atoms with Gasteiger partial charge in [-0.25, -0.2) is 4.79 Å². The lowest BCUT2D eigenvalue weighted by Gasteiger charge is -2.41. The molecule has 5 nitrogen and oxygen atoms in total. The SMILES string of the molecule is COc1ccc(CN2CCC3c4cc(C(=O)O)cc(Br)c4N(C(C)C)C3C2)cc1. The molecule has 2 unspecified atom stereocenters. The van der Waals surface area contributed by atoms with E-state index < -0.39 is 5.97 Å². The van der Waals surface area contributed by atoms with E-state index in [-0.39, 0.29) is 0 Å². The van der Waals surface area contributed by atoms with Crippen LogP contribution in [0.3, 0.4) is 0 Å². The molecule has 0 aromatic heterocycles. The van der Waals surface area contributed by atoms with Crippen molar-refractivity contribution < 1.29 is 14.6 Å². The number of likely N-dealkylation sites (tertiary alicyclic amines) is 1. The van der Waals surface area contributed by atoms with E-state index in [1.165, 1.54) is 16.8 Å². The second kappa shape index (κ2) is 8.00. The molecule has 0 bridgehead atoms. The minimum absolute atomic E-state index is 0.344. The number of hydrogen-bond acceptors (Lipinski definition) is 4. The Hall–Kier alpha value is -2.05. The molecule has 1 saturated heterocycles. The molecule has 0 radical (unpaired) electrons. The fourth-order valence-electron chi connectivity index (χ4n) is 4.88. The molecule has 6 heteroatoms. The number of piperidine rings is 1. The summed E-state index contributed by atoms with van der Waals surface area (Å²) in [6.07, 6.45) is 1.03. The molecule has 2 atom stereocenters. The molecule has 0 spiro atoms. The van der Waals surface area contributed by atoms with Gasteiger partial charge in [0, 0.05) is 35.6 Å². The molecule has 1 fully saturated rings. The Bertz CT molecular complexity index is 913. The number of carbonyl (C=O) groups is 1. The standard InChI is InChI=1S/C23H27BrN2O3/c1-14(2)26-21-13-25(12-15-4-6-17(29-3)7-5-15)9-8-18(21)19-10-16(23(27)28)11-20(24)22(19)26/h4-7,10-11,14,18,21H,8-9,12-13H2,1-3H3,(H,27,28). The highest BCUT2D eigenvalue weighted by atomic mass is 79.9. The number of methoxy groups -OCH3 is 1. The van der Waals surface area contributed by atoms with Gasteiger partial charge in [0.2, 0.25) is 0 Å². The van der Waals surface area contributed by atoms with E-state index >= 15 is 0 Å². The first-order valence-electron chi connectivity index (χ1n) is 10.1.